The molecule has 1 saturated carbocycles. The van der Waals surface area contributed by atoms with Crippen molar-refractivity contribution in [1.29, 1.82) is 0 Å². The maximum absolute atomic E-state index is 6.04. The van der Waals surface area contributed by atoms with Gasteiger partial charge in [0.05, 0.1) is 6.04 Å². The van der Waals surface area contributed by atoms with Crippen LogP contribution >= 0.6 is 0 Å². The molecule has 1 fully saturated rings. The Balaban J connectivity index is 1.68. The van der Waals surface area contributed by atoms with E-state index in [0.717, 1.165) is 23.8 Å². The number of benzene rings is 1. The molecule has 0 spiro atoms. The molecule has 1 aromatic heterocycles. The number of hydrogen-bond donors (Lipinski definition) is 1. The van der Waals surface area contributed by atoms with Crippen LogP contribution in [0, 0.1) is 12.8 Å². The number of fused-ring (bicyclic) bond motifs is 1. The van der Waals surface area contributed by atoms with E-state index in [4.69, 9.17) is 4.42 Å². The molecule has 0 bridgehead atoms. The number of aryl methyl sites for hydroxylation is 1. The fourth-order valence-corrected chi connectivity index (χ4v) is 3.43. The van der Waals surface area contributed by atoms with Crippen molar-refractivity contribution >= 4 is 11.0 Å². The van der Waals surface area contributed by atoms with Crippen molar-refractivity contribution < 1.29 is 4.42 Å². The first kappa shape index (κ1) is 13.7. The van der Waals surface area contributed by atoms with Gasteiger partial charge in [0.1, 0.15) is 11.3 Å². The fraction of sp³-hybridized carbons (Fsp3) is 0.556. The van der Waals surface area contributed by atoms with Crippen molar-refractivity contribution in [2.24, 2.45) is 5.92 Å². The second-order valence-corrected chi connectivity index (χ2v) is 6.22. The highest BCUT2D eigenvalue weighted by atomic mass is 16.3. The summed E-state index contributed by atoms with van der Waals surface area (Å²) in [6.07, 6.45) is 7.02. The van der Waals surface area contributed by atoms with Crippen molar-refractivity contribution in [2.45, 2.75) is 52.0 Å². The molecule has 0 radical (unpaired) electrons. The monoisotopic (exact) mass is 271 g/mol. The minimum Gasteiger partial charge on any atom is -0.459 e. The first-order valence-electron chi connectivity index (χ1n) is 7.97. The summed E-state index contributed by atoms with van der Waals surface area (Å²) < 4.78 is 6.04. The molecule has 3 rings (SSSR count). The third-order valence-electron chi connectivity index (χ3n) is 4.71. The van der Waals surface area contributed by atoms with Gasteiger partial charge in [0, 0.05) is 5.39 Å². The van der Waals surface area contributed by atoms with Gasteiger partial charge in [0.15, 0.2) is 0 Å². The molecule has 1 aliphatic carbocycles. The van der Waals surface area contributed by atoms with Crippen LogP contribution in [0.3, 0.4) is 0 Å². The van der Waals surface area contributed by atoms with E-state index >= 15 is 0 Å². The van der Waals surface area contributed by atoms with E-state index in [1.54, 1.807) is 0 Å². The van der Waals surface area contributed by atoms with Crippen LogP contribution in [-0.4, -0.2) is 6.54 Å². The molecule has 1 unspecified atom stereocenters. The fourth-order valence-electron chi connectivity index (χ4n) is 3.43. The van der Waals surface area contributed by atoms with Crippen molar-refractivity contribution in [3.8, 4) is 0 Å². The molecule has 1 aliphatic rings. The molecule has 1 aromatic carbocycles. The number of hydrogen-bond acceptors (Lipinski definition) is 2. The standard InChI is InChI=1S/C18H25NO/c1-13-16-10-6-7-11-17(16)20-18(13)14(2)19-12-15-8-4-3-5-9-15/h6-7,10-11,14-15,19H,3-5,8-9,12H2,1-2H3. The summed E-state index contributed by atoms with van der Waals surface area (Å²) in [4.78, 5) is 0. The zero-order valence-corrected chi connectivity index (χ0v) is 12.6. The average Bonchev–Trinajstić information content (AvgIpc) is 2.84. The molecule has 108 valence electrons. The molecule has 0 aliphatic heterocycles. The van der Waals surface area contributed by atoms with Crippen LogP contribution < -0.4 is 5.32 Å². The zero-order valence-electron chi connectivity index (χ0n) is 12.6. The van der Waals surface area contributed by atoms with Crippen LogP contribution in [0.5, 0.6) is 0 Å². The van der Waals surface area contributed by atoms with Gasteiger partial charge < -0.3 is 9.73 Å². The Morgan fingerprint density at radius 2 is 1.95 bits per heavy atom. The molecule has 1 atom stereocenters. The molecule has 20 heavy (non-hydrogen) atoms. The number of furan rings is 1. The Morgan fingerprint density at radius 3 is 2.70 bits per heavy atom. The van der Waals surface area contributed by atoms with Crippen LogP contribution in [0.4, 0.5) is 0 Å². The lowest BCUT2D eigenvalue weighted by atomic mass is 9.89. The van der Waals surface area contributed by atoms with Crippen LogP contribution in [0.2, 0.25) is 0 Å². The predicted molar refractivity (Wildman–Crippen MR) is 83.9 cm³/mol. The van der Waals surface area contributed by atoms with Crippen LogP contribution in [-0.2, 0) is 0 Å². The molecule has 1 N–H and O–H groups in total. The van der Waals surface area contributed by atoms with Gasteiger partial charge in [-0.2, -0.15) is 0 Å². The third-order valence-corrected chi connectivity index (χ3v) is 4.71. The summed E-state index contributed by atoms with van der Waals surface area (Å²) in [5.74, 6) is 1.96. The number of nitrogens with one attached hydrogen (secondary N) is 1. The lowest BCUT2D eigenvalue weighted by molar-refractivity contribution is 0.322. The molecule has 1 heterocycles. The van der Waals surface area contributed by atoms with Gasteiger partial charge in [0.2, 0.25) is 0 Å². The minimum atomic E-state index is 0.296. The topological polar surface area (TPSA) is 25.2 Å². The van der Waals surface area contributed by atoms with E-state index in [-0.39, 0.29) is 0 Å². The van der Waals surface area contributed by atoms with Gasteiger partial charge in [-0.3, -0.25) is 0 Å². The highest BCUT2D eigenvalue weighted by molar-refractivity contribution is 5.82. The summed E-state index contributed by atoms with van der Waals surface area (Å²) >= 11 is 0. The average molecular weight is 271 g/mol. The Kier molecular flexibility index (Phi) is 4.11. The third kappa shape index (κ3) is 2.76. The summed E-state index contributed by atoms with van der Waals surface area (Å²) in [7, 11) is 0. The van der Waals surface area contributed by atoms with Crippen molar-refractivity contribution in [3.05, 3.63) is 35.6 Å². The lowest BCUT2D eigenvalue weighted by Crippen LogP contribution is -2.27. The largest absolute Gasteiger partial charge is 0.459 e. The maximum atomic E-state index is 6.04. The normalized spacial score (nSPS) is 18.5. The lowest BCUT2D eigenvalue weighted by Gasteiger charge is -2.23. The maximum Gasteiger partial charge on any atom is 0.134 e. The Bertz CT molecular complexity index is 566. The Hall–Kier alpha value is -1.28. The summed E-state index contributed by atoms with van der Waals surface area (Å²) in [5.41, 5.74) is 2.29. The molecule has 0 saturated heterocycles. The van der Waals surface area contributed by atoms with Gasteiger partial charge in [0.25, 0.3) is 0 Å². The second kappa shape index (κ2) is 6.01. The van der Waals surface area contributed by atoms with E-state index in [9.17, 15) is 0 Å². The number of rotatable bonds is 4. The van der Waals surface area contributed by atoms with Gasteiger partial charge in [-0.05, 0) is 50.8 Å². The van der Waals surface area contributed by atoms with E-state index in [1.165, 1.54) is 43.1 Å². The molecule has 0 amide bonds. The first-order chi connectivity index (χ1) is 9.75. The minimum absolute atomic E-state index is 0.296. The van der Waals surface area contributed by atoms with Gasteiger partial charge in [-0.25, -0.2) is 0 Å². The van der Waals surface area contributed by atoms with Crippen LogP contribution in [0.15, 0.2) is 28.7 Å². The summed E-state index contributed by atoms with van der Waals surface area (Å²) in [6, 6.07) is 8.61. The molecular formula is C18H25NO. The quantitative estimate of drug-likeness (QED) is 0.849. The predicted octanol–water partition coefficient (Wildman–Crippen LogP) is 4.97. The number of para-hydroxylation sites is 1. The van der Waals surface area contributed by atoms with Gasteiger partial charge in [-0.1, -0.05) is 37.5 Å². The van der Waals surface area contributed by atoms with E-state index in [0.29, 0.717) is 6.04 Å². The molecule has 2 aromatic rings. The second-order valence-electron chi connectivity index (χ2n) is 6.22. The van der Waals surface area contributed by atoms with Crippen LogP contribution in [0.1, 0.15) is 56.4 Å². The van der Waals surface area contributed by atoms with Gasteiger partial charge in [-0.15, -0.1) is 0 Å². The van der Waals surface area contributed by atoms with Gasteiger partial charge >= 0.3 is 0 Å². The smallest absolute Gasteiger partial charge is 0.134 e. The van der Waals surface area contributed by atoms with E-state index in [1.807, 2.05) is 6.07 Å². The summed E-state index contributed by atoms with van der Waals surface area (Å²) in [5, 5.41) is 4.92. The molecule has 2 heteroatoms. The molecule has 2 nitrogen and oxygen atoms in total. The zero-order chi connectivity index (χ0) is 13.9. The van der Waals surface area contributed by atoms with Crippen molar-refractivity contribution in [1.82, 2.24) is 5.32 Å². The SMILES string of the molecule is Cc1c(C(C)NCC2CCCCC2)oc2ccccc12. The van der Waals surface area contributed by atoms with E-state index < -0.39 is 0 Å². The first-order valence-corrected chi connectivity index (χ1v) is 7.97. The molecular weight excluding hydrogens is 246 g/mol. The van der Waals surface area contributed by atoms with Crippen LogP contribution in [0.25, 0.3) is 11.0 Å². The summed E-state index contributed by atoms with van der Waals surface area (Å²) in [6.45, 7) is 5.51. The van der Waals surface area contributed by atoms with Crippen molar-refractivity contribution in [3.63, 3.8) is 0 Å². The highest BCUT2D eigenvalue weighted by Crippen LogP contribution is 2.30. The Labute approximate surface area is 121 Å². The van der Waals surface area contributed by atoms with Crippen molar-refractivity contribution in [2.75, 3.05) is 6.54 Å². The Morgan fingerprint density at radius 1 is 1.20 bits per heavy atom. The van der Waals surface area contributed by atoms with E-state index in [2.05, 4.69) is 37.4 Å². The highest BCUT2D eigenvalue weighted by Gasteiger charge is 2.18.